The molecule has 0 bridgehead atoms. The van der Waals surface area contributed by atoms with Gasteiger partial charge in [0.05, 0.1) is 0 Å². The van der Waals surface area contributed by atoms with Gasteiger partial charge in [-0.05, 0) is 33.9 Å². The van der Waals surface area contributed by atoms with Crippen LogP contribution in [0.2, 0.25) is 0 Å². The summed E-state index contributed by atoms with van der Waals surface area (Å²) < 4.78 is 0. The zero-order valence-corrected chi connectivity index (χ0v) is 12.3. The van der Waals surface area contributed by atoms with E-state index in [4.69, 9.17) is 5.73 Å². The minimum atomic E-state index is 0.0496. The smallest absolute Gasteiger partial charge is 0.135 e. The Kier molecular flexibility index (Phi) is 4.51. The van der Waals surface area contributed by atoms with Gasteiger partial charge in [0.25, 0.3) is 0 Å². The van der Waals surface area contributed by atoms with Crippen LogP contribution >= 0.6 is 0 Å². The number of likely N-dealkylation sites (N-methyl/N-ethyl adjacent to an activating group) is 1. The molecule has 5 heteroatoms. The molecule has 1 heterocycles. The highest BCUT2D eigenvalue weighted by molar-refractivity contribution is 5.56. The van der Waals surface area contributed by atoms with Gasteiger partial charge in [0.1, 0.15) is 18.0 Å². The Labute approximate surface area is 110 Å². The van der Waals surface area contributed by atoms with Crippen LogP contribution in [0, 0.1) is 0 Å². The van der Waals surface area contributed by atoms with Crippen molar-refractivity contribution in [2.75, 3.05) is 31.7 Å². The molecule has 5 nitrogen and oxygen atoms in total. The predicted molar refractivity (Wildman–Crippen MR) is 76.8 cm³/mol. The van der Waals surface area contributed by atoms with Crippen molar-refractivity contribution in [1.82, 2.24) is 14.9 Å². The van der Waals surface area contributed by atoms with E-state index in [2.05, 4.69) is 62.0 Å². The maximum absolute atomic E-state index is 5.92. The van der Waals surface area contributed by atoms with Crippen LogP contribution in [0.5, 0.6) is 0 Å². The summed E-state index contributed by atoms with van der Waals surface area (Å²) in [6, 6.07) is 0. The zero-order valence-electron chi connectivity index (χ0n) is 12.3. The fourth-order valence-corrected chi connectivity index (χ4v) is 1.58. The second-order valence-corrected chi connectivity index (χ2v) is 5.74. The fraction of sp³-hybridized carbons (Fsp3) is 0.692. The van der Waals surface area contributed by atoms with Crippen molar-refractivity contribution in [2.45, 2.75) is 39.2 Å². The fourth-order valence-electron chi connectivity index (χ4n) is 1.58. The van der Waals surface area contributed by atoms with Crippen molar-refractivity contribution in [2.24, 2.45) is 0 Å². The lowest BCUT2D eigenvalue weighted by atomic mass is 10.0. The molecule has 0 aliphatic rings. The van der Waals surface area contributed by atoms with Crippen molar-refractivity contribution in [1.29, 1.82) is 0 Å². The van der Waals surface area contributed by atoms with E-state index in [0.717, 1.165) is 17.9 Å². The van der Waals surface area contributed by atoms with E-state index < -0.39 is 0 Å². The molecule has 3 N–H and O–H groups in total. The van der Waals surface area contributed by atoms with Gasteiger partial charge in [0.2, 0.25) is 0 Å². The molecule has 0 saturated heterocycles. The molecule has 0 aromatic carbocycles. The second-order valence-electron chi connectivity index (χ2n) is 5.74. The highest BCUT2D eigenvalue weighted by atomic mass is 15.2. The Balaban J connectivity index is 2.89. The standard InChI is InChI=1S/C13H25N5/c1-9(2)10-11(14)16-8-17-12(10)15-7-13(3,4)18(5)6/h8-9H,7H2,1-6H3,(H3,14,15,16,17). The average molecular weight is 251 g/mol. The summed E-state index contributed by atoms with van der Waals surface area (Å²) in [6.07, 6.45) is 1.51. The quantitative estimate of drug-likeness (QED) is 0.837. The van der Waals surface area contributed by atoms with Crippen LogP contribution < -0.4 is 11.1 Å². The molecule has 0 spiro atoms. The second kappa shape index (κ2) is 5.52. The lowest BCUT2D eigenvalue weighted by Crippen LogP contribution is -2.44. The van der Waals surface area contributed by atoms with E-state index in [9.17, 15) is 0 Å². The number of rotatable bonds is 5. The largest absolute Gasteiger partial charge is 0.383 e. The van der Waals surface area contributed by atoms with E-state index in [-0.39, 0.29) is 5.54 Å². The average Bonchev–Trinajstić information content (AvgIpc) is 2.25. The van der Waals surface area contributed by atoms with Crippen molar-refractivity contribution in [3.05, 3.63) is 11.9 Å². The molecular weight excluding hydrogens is 226 g/mol. The summed E-state index contributed by atoms with van der Waals surface area (Å²) in [5.41, 5.74) is 6.96. The third-order valence-electron chi connectivity index (χ3n) is 3.39. The minimum Gasteiger partial charge on any atom is -0.383 e. The molecule has 0 fully saturated rings. The summed E-state index contributed by atoms with van der Waals surface area (Å²) in [6.45, 7) is 9.35. The van der Waals surface area contributed by atoms with Crippen LogP contribution in [0.1, 0.15) is 39.2 Å². The normalized spacial score (nSPS) is 12.2. The molecule has 102 valence electrons. The molecule has 0 atom stereocenters. The lowest BCUT2D eigenvalue weighted by molar-refractivity contribution is 0.210. The van der Waals surface area contributed by atoms with Crippen LogP contribution in [0.25, 0.3) is 0 Å². The zero-order chi connectivity index (χ0) is 13.9. The number of hydrogen-bond donors (Lipinski definition) is 2. The van der Waals surface area contributed by atoms with Gasteiger partial charge in [-0.3, -0.25) is 0 Å². The summed E-state index contributed by atoms with van der Waals surface area (Å²) in [5, 5.41) is 3.38. The molecule has 1 aromatic heterocycles. The van der Waals surface area contributed by atoms with Gasteiger partial charge in [-0.1, -0.05) is 13.8 Å². The molecule has 1 aromatic rings. The van der Waals surface area contributed by atoms with E-state index in [1.165, 1.54) is 6.33 Å². The first kappa shape index (κ1) is 14.7. The van der Waals surface area contributed by atoms with Crippen molar-refractivity contribution in [3.8, 4) is 0 Å². The first-order valence-electron chi connectivity index (χ1n) is 6.27. The molecule has 1 rings (SSSR count). The van der Waals surface area contributed by atoms with E-state index in [1.54, 1.807) is 0 Å². The third kappa shape index (κ3) is 3.32. The number of nitrogens with two attached hydrogens (primary N) is 1. The maximum atomic E-state index is 5.92. The first-order valence-corrected chi connectivity index (χ1v) is 6.27. The van der Waals surface area contributed by atoms with Crippen LogP contribution in [0.3, 0.4) is 0 Å². The van der Waals surface area contributed by atoms with Gasteiger partial charge in [0.15, 0.2) is 0 Å². The molecule has 0 aliphatic carbocycles. The molecule has 0 amide bonds. The summed E-state index contributed by atoms with van der Waals surface area (Å²) in [5.74, 6) is 1.70. The highest BCUT2D eigenvalue weighted by Crippen LogP contribution is 2.26. The molecule has 0 unspecified atom stereocenters. The van der Waals surface area contributed by atoms with Gasteiger partial charge < -0.3 is 16.0 Å². The Hall–Kier alpha value is -1.36. The van der Waals surface area contributed by atoms with Gasteiger partial charge in [-0.25, -0.2) is 9.97 Å². The first-order chi connectivity index (χ1) is 8.25. The molecule has 18 heavy (non-hydrogen) atoms. The Morgan fingerprint density at radius 2 is 1.94 bits per heavy atom. The molecule has 0 radical (unpaired) electrons. The van der Waals surface area contributed by atoms with Crippen molar-refractivity contribution < 1.29 is 0 Å². The summed E-state index contributed by atoms with van der Waals surface area (Å²) >= 11 is 0. The Bertz CT molecular complexity index is 398. The Morgan fingerprint density at radius 1 is 1.33 bits per heavy atom. The number of nitrogen functional groups attached to an aromatic ring is 1. The predicted octanol–water partition coefficient (Wildman–Crippen LogP) is 1.93. The number of anilines is 2. The number of nitrogens with one attached hydrogen (secondary N) is 1. The lowest BCUT2D eigenvalue weighted by Gasteiger charge is -2.33. The topological polar surface area (TPSA) is 67.1 Å². The minimum absolute atomic E-state index is 0.0496. The number of nitrogens with zero attached hydrogens (tertiary/aromatic N) is 3. The number of aromatic nitrogens is 2. The maximum Gasteiger partial charge on any atom is 0.135 e. The van der Waals surface area contributed by atoms with E-state index in [1.807, 2.05) is 0 Å². The highest BCUT2D eigenvalue weighted by Gasteiger charge is 2.21. The van der Waals surface area contributed by atoms with Gasteiger partial charge in [-0.15, -0.1) is 0 Å². The van der Waals surface area contributed by atoms with Crippen LogP contribution in [0.4, 0.5) is 11.6 Å². The monoisotopic (exact) mass is 251 g/mol. The van der Waals surface area contributed by atoms with Crippen LogP contribution in [-0.4, -0.2) is 41.0 Å². The van der Waals surface area contributed by atoms with Gasteiger partial charge in [0, 0.05) is 17.6 Å². The van der Waals surface area contributed by atoms with E-state index >= 15 is 0 Å². The molecule has 0 saturated carbocycles. The number of hydrogen-bond acceptors (Lipinski definition) is 5. The SMILES string of the molecule is CC(C)c1c(N)ncnc1NCC(C)(C)N(C)C. The van der Waals surface area contributed by atoms with Gasteiger partial charge >= 0.3 is 0 Å². The Morgan fingerprint density at radius 3 is 2.44 bits per heavy atom. The summed E-state index contributed by atoms with van der Waals surface area (Å²) in [7, 11) is 4.14. The van der Waals surface area contributed by atoms with Crippen LogP contribution in [-0.2, 0) is 0 Å². The van der Waals surface area contributed by atoms with Crippen molar-refractivity contribution in [3.63, 3.8) is 0 Å². The van der Waals surface area contributed by atoms with Gasteiger partial charge in [-0.2, -0.15) is 0 Å². The molecular formula is C13H25N5. The molecule has 0 aliphatic heterocycles. The third-order valence-corrected chi connectivity index (χ3v) is 3.39. The summed E-state index contributed by atoms with van der Waals surface area (Å²) in [4.78, 5) is 10.5. The van der Waals surface area contributed by atoms with E-state index in [0.29, 0.717) is 11.7 Å². The van der Waals surface area contributed by atoms with Crippen molar-refractivity contribution >= 4 is 11.6 Å². The van der Waals surface area contributed by atoms with Crippen LogP contribution in [0.15, 0.2) is 6.33 Å².